The van der Waals surface area contributed by atoms with E-state index in [1.54, 1.807) is 9.26 Å². The summed E-state index contributed by atoms with van der Waals surface area (Å²) < 4.78 is 1.56. The highest BCUT2D eigenvalue weighted by Crippen LogP contribution is 2.00. The van der Waals surface area contributed by atoms with Gasteiger partial charge < -0.3 is 0 Å². The van der Waals surface area contributed by atoms with Crippen molar-refractivity contribution in [3.63, 3.8) is 0 Å². The van der Waals surface area contributed by atoms with E-state index in [-0.39, 0.29) is 18.2 Å². The van der Waals surface area contributed by atoms with E-state index in [2.05, 4.69) is 44.1 Å². The Morgan fingerprint density at radius 3 is 2.73 bits per heavy atom. The summed E-state index contributed by atoms with van der Waals surface area (Å²) in [5.41, 5.74) is 1.54. The second kappa shape index (κ2) is 5.17. The van der Waals surface area contributed by atoms with Crippen LogP contribution in [-0.2, 0) is 6.42 Å². The molecule has 0 nitrogen and oxygen atoms in total. The zero-order chi connectivity index (χ0) is 8.10. The first kappa shape index (κ1) is 9.55. The number of aryl methyl sites for hydroxylation is 1. The maximum atomic E-state index is 3.62. The quantitative estimate of drug-likeness (QED) is 0.690. The van der Waals surface area contributed by atoms with Gasteiger partial charge >= 0.3 is 18.2 Å². The van der Waals surface area contributed by atoms with Gasteiger partial charge in [-0.15, -0.1) is 3.69 Å². The van der Waals surface area contributed by atoms with Crippen LogP contribution in [0.5, 0.6) is 0 Å². The maximum Gasteiger partial charge on any atom is 0.507 e. The largest absolute Gasteiger partial charge is 0.507 e. The van der Waals surface area contributed by atoms with Crippen molar-refractivity contribution >= 4 is 34.8 Å². The molecule has 0 unspecified atom stereocenters. The summed E-state index contributed by atoms with van der Waals surface area (Å²) in [7, 11) is 0. The van der Waals surface area contributed by atoms with Crippen LogP contribution < -0.4 is 3.69 Å². The molecule has 56 valence electrons. The Balaban J connectivity index is 2.83. The third kappa shape index (κ3) is 2.77. The van der Waals surface area contributed by atoms with Crippen LogP contribution in [0.15, 0.2) is 24.3 Å². The fourth-order valence-corrected chi connectivity index (χ4v) is 3.53. The van der Waals surface area contributed by atoms with Gasteiger partial charge in [-0.3, -0.25) is 12.9 Å². The van der Waals surface area contributed by atoms with Crippen molar-refractivity contribution in [3.05, 3.63) is 29.8 Å². The van der Waals surface area contributed by atoms with Gasteiger partial charge in [0.25, 0.3) is 0 Å². The molecule has 0 aliphatic rings. The van der Waals surface area contributed by atoms with E-state index in [1.807, 2.05) is 0 Å². The molecule has 0 fully saturated rings. The highest BCUT2D eigenvalue weighted by molar-refractivity contribution is 9.23. The van der Waals surface area contributed by atoms with Crippen LogP contribution in [-0.4, -0.2) is 18.2 Å². The normalized spacial score (nSPS) is 9.27. The average Bonchev–Trinajstić information content (AvgIpc) is 2.06. The molecule has 1 aromatic carbocycles. The Bertz CT molecular complexity index is 223. The van der Waals surface area contributed by atoms with E-state index in [9.17, 15) is 0 Å². The van der Waals surface area contributed by atoms with Gasteiger partial charge in [-0.1, -0.05) is 43.2 Å². The van der Waals surface area contributed by atoms with Gasteiger partial charge in [-0.05, 0) is 6.42 Å². The summed E-state index contributed by atoms with van der Waals surface area (Å²) in [5, 5.41) is 0. The summed E-state index contributed by atoms with van der Waals surface area (Å²) in [6.07, 6.45) is 2.48. The first-order valence-corrected chi connectivity index (χ1v) is 8.61. The number of rotatable bonds is 3. The third-order valence-corrected chi connectivity index (χ3v) is 4.57. The highest BCUT2D eigenvalue weighted by Gasteiger charge is 1.99. The molecule has 0 atom stereocenters. The van der Waals surface area contributed by atoms with Crippen LogP contribution in [0.3, 0.4) is 0 Å². The van der Waals surface area contributed by atoms with Gasteiger partial charge in [0.15, 0.2) is 0 Å². The lowest BCUT2D eigenvalue weighted by Gasteiger charge is -2.04. The van der Waals surface area contributed by atoms with Gasteiger partial charge in [0, 0.05) is 0 Å². The zero-order valence-electron chi connectivity index (χ0n) is 6.81. The van der Waals surface area contributed by atoms with Crippen molar-refractivity contribution in [1.82, 2.24) is 0 Å². The predicted octanol–water partition coefficient (Wildman–Crippen LogP) is 2.28. The topological polar surface area (TPSA) is 0 Å². The van der Waals surface area contributed by atoms with Crippen LogP contribution >= 0.6 is 12.9 Å². The molecular formula is C9H11BrMg. The Morgan fingerprint density at radius 1 is 1.36 bits per heavy atom. The molecule has 1 aromatic rings. The van der Waals surface area contributed by atoms with E-state index in [0.717, 1.165) is 0 Å². The van der Waals surface area contributed by atoms with Crippen molar-refractivity contribution in [3.8, 4) is 0 Å². The lowest BCUT2D eigenvalue weighted by molar-refractivity contribution is 0.927. The zero-order valence-corrected chi connectivity index (χ0v) is 9.81. The number of benzene rings is 1. The Morgan fingerprint density at radius 2 is 2.09 bits per heavy atom. The molecule has 0 bridgehead atoms. The Kier molecular flexibility index (Phi) is 4.49. The minimum Gasteiger partial charge on any atom is -0.296 e. The van der Waals surface area contributed by atoms with Crippen molar-refractivity contribution in [2.24, 2.45) is 0 Å². The molecule has 0 heterocycles. The molecule has 1 rings (SSSR count). The molecular weight excluding hydrogens is 212 g/mol. The minimum absolute atomic E-state index is 0.145. The van der Waals surface area contributed by atoms with Crippen LogP contribution in [0.4, 0.5) is 0 Å². The lowest BCUT2D eigenvalue weighted by atomic mass is 10.1. The highest BCUT2D eigenvalue weighted by atomic mass is 79.9. The minimum atomic E-state index is -0.145. The second-order valence-corrected chi connectivity index (χ2v) is 5.36. The van der Waals surface area contributed by atoms with Crippen molar-refractivity contribution in [2.75, 3.05) is 0 Å². The summed E-state index contributed by atoms with van der Waals surface area (Å²) in [5.74, 6) is 0. The molecule has 11 heavy (non-hydrogen) atoms. The van der Waals surface area contributed by atoms with Crippen LogP contribution in [0, 0.1) is 0 Å². The van der Waals surface area contributed by atoms with Gasteiger partial charge in [0.05, 0.1) is 0 Å². The van der Waals surface area contributed by atoms with Gasteiger partial charge in [-0.2, -0.15) is 0 Å². The summed E-state index contributed by atoms with van der Waals surface area (Å²) in [6.45, 7) is 2.23. The van der Waals surface area contributed by atoms with Crippen molar-refractivity contribution in [2.45, 2.75) is 19.8 Å². The number of halogens is 1. The molecule has 0 amide bonds. The molecule has 0 aliphatic heterocycles. The summed E-state index contributed by atoms with van der Waals surface area (Å²) >= 11 is 3.47. The lowest BCUT2D eigenvalue weighted by Crippen LogP contribution is -2.13. The summed E-state index contributed by atoms with van der Waals surface area (Å²) in [6, 6.07) is 8.74. The van der Waals surface area contributed by atoms with Gasteiger partial charge in [0.2, 0.25) is 0 Å². The molecule has 0 aromatic heterocycles. The van der Waals surface area contributed by atoms with Crippen molar-refractivity contribution in [1.29, 1.82) is 0 Å². The molecule has 0 saturated carbocycles. The fourth-order valence-electron chi connectivity index (χ4n) is 1.20. The summed E-state index contributed by atoms with van der Waals surface area (Å²) in [4.78, 5) is 0. The van der Waals surface area contributed by atoms with Crippen LogP contribution in [0.25, 0.3) is 0 Å². The maximum absolute atomic E-state index is 3.62. The third-order valence-electron chi connectivity index (χ3n) is 1.78. The van der Waals surface area contributed by atoms with Crippen molar-refractivity contribution < 1.29 is 0 Å². The molecule has 0 spiro atoms. The van der Waals surface area contributed by atoms with E-state index >= 15 is 0 Å². The molecule has 0 N–H and O–H groups in total. The Hall–Kier alpha value is 0.466. The van der Waals surface area contributed by atoms with E-state index < -0.39 is 0 Å². The molecule has 2 heteroatoms. The molecule has 0 saturated heterocycles. The average molecular weight is 223 g/mol. The molecule has 0 aliphatic carbocycles. The van der Waals surface area contributed by atoms with Gasteiger partial charge in [-0.25, -0.2) is 0 Å². The van der Waals surface area contributed by atoms with Crippen LogP contribution in [0.1, 0.15) is 18.9 Å². The van der Waals surface area contributed by atoms with Gasteiger partial charge in [0.1, 0.15) is 0 Å². The standard InChI is InChI=1S/C9H11.BrH.Mg/c1-2-6-9-7-4-3-5-8-9;;/h3-5,7H,2,6H2,1H3;1H;/q;;+1/p-1. The smallest absolute Gasteiger partial charge is 0.296 e. The predicted molar refractivity (Wildman–Crippen MR) is 54.8 cm³/mol. The monoisotopic (exact) mass is 222 g/mol. The van der Waals surface area contributed by atoms with E-state index in [1.165, 1.54) is 12.8 Å². The second-order valence-electron chi connectivity index (χ2n) is 2.65. The fraction of sp³-hybridized carbons (Fsp3) is 0.333. The molecule has 0 radical (unpaired) electrons. The number of hydrogen-bond acceptors (Lipinski definition) is 0. The van der Waals surface area contributed by atoms with Crippen LogP contribution in [0.2, 0.25) is 0 Å². The van der Waals surface area contributed by atoms with E-state index in [0.29, 0.717) is 0 Å². The first-order valence-electron chi connectivity index (χ1n) is 4.01. The SMILES string of the molecule is CCCc1cccc[c]1[Mg][Br]. The Labute approximate surface area is 84.0 Å². The number of hydrogen-bond donors (Lipinski definition) is 0. The first-order chi connectivity index (χ1) is 5.38. The van der Waals surface area contributed by atoms with E-state index in [4.69, 9.17) is 0 Å².